The molecular weight excluding hydrogens is 132 g/mol. The summed E-state index contributed by atoms with van der Waals surface area (Å²) < 4.78 is 0. The standard InChI is InChI=1S/C6H14N2O2/c1-8(2)5(4-7)3-6(9)10/h5H,3-4,7H2,1-2H3,(H,9,10). The Labute approximate surface area is 60.6 Å². The number of carboxylic acids is 1. The lowest BCUT2D eigenvalue weighted by Gasteiger charge is -2.20. The van der Waals surface area contributed by atoms with Crippen molar-refractivity contribution in [2.45, 2.75) is 12.5 Å². The van der Waals surface area contributed by atoms with Crippen LogP contribution in [0.15, 0.2) is 0 Å². The Morgan fingerprint density at radius 3 is 2.30 bits per heavy atom. The number of hydrogen-bond donors (Lipinski definition) is 2. The molecule has 3 N–H and O–H groups in total. The van der Waals surface area contributed by atoms with Gasteiger partial charge in [0, 0.05) is 12.6 Å². The third kappa shape index (κ3) is 3.42. The summed E-state index contributed by atoms with van der Waals surface area (Å²) in [6.45, 7) is 0.388. The predicted octanol–water partition coefficient (Wildman–Crippen LogP) is -0.650. The van der Waals surface area contributed by atoms with Crippen molar-refractivity contribution in [1.82, 2.24) is 4.90 Å². The minimum absolute atomic E-state index is 0.0440. The van der Waals surface area contributed by atoms with E-state index in [1.165, 1.54) is 0 Å². The van der Waals surface area contributed by atoms with Crippen LogP contribution in [0.1, 0.15) is 6.42 Å². The molecule has 0 radical (unpaired) electrons. The molecule has 0 fully saturated rings. The summed E-state index contributed by atoms with van der Waals surface area (Å²) in [5.74, 6) is -0.802. The SMILES string of the molecule is CN(C)C(CN)CC(=O)O. The summed E-state index contributed by atoms with van der Waals surface area (Å²) in [4.78, 5) is 12.0. The maximum atomic E-state index is 10.2. The number of nitrogens with zero attached hydrogens (tertiary/aromatic N) is 1. The molecule has 0 saturated carbocycles. The van der Waals surface area contributed by atoms with Crippen molar-refractivity contribution in [1.29, 1.82) is 0 Å². The maximum Gasteiger partial charge on any atom is 0.304 e. The normalized spacial score (nSPS) is 13.6. The van der Waals surface area contributed by atoms with E-state index >= 15 is 0 Å². The van der Waals surface area contributed by atoms with Gasteiger partial charge in [-0.3, -0.25) is 4.79 Å². The van der Waals surface area contributed by atoms with Gasteiger partial charge in [0.1, 0.15) is 0 Å². The van der Waals surface area contributed by atoms with E-state index in [0.717, 1.165) is 0 Å². The van der Waals surface area contributed by atoms with Crippen molar-refractivity contribution in [3.63, 3.8) is 0 Å². The average molecular weight is 146 g/mol. The Hall–Kier alpha value is -0.610. The van der Waals surface area contributed by atoms with Gasteiger partial charge in [0.15, 0.2) is 0 Å². The van der Waals surface area contributed by atoms with Crippen LogP contribution in [0.2, 0.25) is 0 Å². The molecule has 0 aromatic rings. The van der Waals surface area contributed by atoms with Crippen molar-refractivity contribution in [3.8, 4) is 0 Å². The Bertz CT molecular complexity index is 114. The topological polar surface area (TPSA) is 66.6 Å². The van der Waals surface area contributed by atoms with Crippen LogP contribution in [0.5, 0.6) is 0 Å². The number of hydrogen-bond acceptors (Lipinski definition) is 3. The Kier molecular flexibility index (Phi) is 3.99. The van der Waals surface area contributed by atoms with Crippen molar-refractivity contribution >= 4 is 5.97 Å². The molecule has 60 valence electrons. The summed E-state index contributed by atoms with van der Waals surface area (Å²) in [5, 5.41) is 8.38. The molecule has 0 aromatic heterocycles. The van der Waals surface area contributed by atoms with Gasteiger partial charge in [-0.25, -0.2) is 0 Å². The number of likely N-dealkylation sites (N-methyl/N-ethyl adjacent to an activating group) is 1. The molecule has 0 bridgehead atoms. The van der Waals surface area contributed by atoms with Gasteiger partial charge < -0.3 is 15.7 Å². The van der Waals surface area contributed by atoms with Gasteiger partial charge in [0.2, 0.25) is 0 Å². The minimum atomic E-state index is -0.802. The number of carboxylic acid groups (broad SMARTS) is 1. The zero-order chi connectivity index (χ0) is 8.15. The fourth-order valence-electron chi connectivity index (χ4n) is 0.678. The van der Waals surface area contributed by atoms with Gasteiger partial charge in [-0.05, 0) is 14.1 Å². The lowest BCUT2D eigenvalue weighted by Crippen LogP contribution is -2.36. The Balaban J connectivity index is 3.71. The number of rotatable bonds is 4. The zero-order valence-electron chi connectivity index (χ0n) is 6.37. The highest BCUT2D eigenvalue weighted by molar-refractivity contribution is 5.67. The zero-order valence-corrected chi connectivity index (χ0v) is 6.37. The number of nitrogens with two attached hydrogens (primary N) is 1. The molecule has 4 heteroatoms. The maximum absolute atomic E-state index is 10.2. The smallest absolute Gasteiger partial charge is 0.304 e. The summed E-state index contributed by atoms with van der Waals surface area (Å²) in [7, 11) is 3.64. The van der Waals surface area contributed by atoms with Gasteiger partial charge in [-0.1, -0.05) is 0 Å². The molecule has 0 heterocycles. The quantitative estimate of drug-likeness (QED) is 0.553. The molecule has 4 nitrogen and oxygen atoms in total. The second-order valence-corrected chi connectivity index (χ2v) is 2.45. The molecule has 0 spiro atoms. The van der Waals surface area contributed by atoms with Crippen LogP contribution in [0.3, 0.4) is 0 Å². The van der Waals surface area contributed by atoms with Gasteiger partial charge in [0.25, 0.3) is 0 Å². The van der Waals surface area contributed by atoms with Crippen molar-refractivity contribution in [2.75, 3.05) is 20.6 Å². The highest BCUT2D eigenvalue weighted by Gasteiger charge is 2.12. The first kappa shape index (κ1) is 9.39. The van der Waals surface area contributed by atoms with Gasteiger partial charge in [0.05, 0.1) is 6.42 Å². The molecule has 0 aliphatic heterocycles. The highest BCUT2D eigenvalue weighted by Crippen LogP contribution is 1.96. The van der Waals surface area contributed by atoms with Crippen molar-refractivity contribution in [3.05, 3.63) is 0 Å². The van der Waals surface area contributed by atoms with E-state index in [4.69, 9.17) is 10.8 Å². The lowest BCUT2D eigenvalue weighted by molar-refractivity contribution is -0.138. The van der Waals surface area contributed by atoms with Crippen LogP contribution in [0, 0.1) is 0 Å². The van der Waals surface area contributed by atoms with Crippen LogP contribution >= 0.6 is 0 Å². The van der Waals surface area contributed by atoms with E-state index < -0.39 is 5.97 Å². The first-order valence-electron chi connectivity index (χ1n) is 3.16. The van der Waals surface area contributed by atoms with Crippen molar-refractivity contribution in [2.24, 2.45) is 5.73 Å². The predicted molar refractivity (Wildman–Crippen MR) is 38.8 cm³/mol. The van der Waals surface area contributed by atoms with Crippen LogP contribution in [0.25, 0.3) is 0 Å². The fourth-order valence-corrected chi connectivity index (χ4v) is 0.678. The average Bonchev–Trinajstić information content (AvgIpc) is 1.81. The summed E-state index contributed by atoms with van der Waals surface area (Å²) in [6, 6.07) is -0.0440. The molecule has 0 aliphatic rings. The molecule has 0 aliphatic carbocycles. The molecule has 0 rings (SSSR count). The third-order valence-electron chi connectivity index (χ3n) is 1.41. The van der Waals surface area contributed by atoms with Gasteiger partial charge >= 0.3 is 5.97 Å². The largest absolute Gasteiger partial charge is 0.481 e. The third-order valence-corrected chi connectivity index (χ3v) is 1.41. The second-order valence-electron chi connectivity index (χ2n) is 2.45. The monoisotopic (exact) mass is 146 g/mol. The Morgan fingerprint density at radius 1 is 1.70 bits per heavy atom. The molecular formula is C6H14N2O2. The molecule has 0 aromatic carbocycles. The minimum Gasteiger partial charge on any atom is -0.481 e. The molecule has 0 saturated heterocycles. The van der Waals surface area contributed by atoms with Crippen LogP contribution in [-0.4, -0.2) is 42.7 Å². The summed E-state index contributed by atoms with van der Waals surface area (Å²) in [5.41, 5.74) is 5.32. The first-order chi connectivity index (χ1) is 4.57. The van der Waals surface area contributed by atoms with Gasteiger partial charge in [-0.2, -0.15) is 0 Å². The highest BCUT2D eigenvalue weighted by atomic mass is 16.4. The van der Waals surface area contributed by atoms with E-state index in [9.17, 15) is 4.79 Å². The van der Waals surface area contributed by atoms with E-state index in [1.807, 2.05) is 19.0 Å². The van der Waals surface area contributed by atoms with E-state index in [-0.39, 0.29) is 12.5 Å². The van der Waals surface area contributed by atoms with Gasteiger partial charge in [-0.15, -0.1) is 0 Å². The number of aliphatic carboxylic acids is 1. The lowest BCUT2D eigenvalue weighted by atomic mass is 10.2. The van der Waals surface area contributed by atoms with E-state index in [1.54, 1.807) is 0 Å². The molecule has 0 amide bonds. The van der Waals surface area contributed by atoms with Crippen molar-refractivity contribution < 1.29 is 9.90 Å². The molecule has 10 heavy (non-hydrogen) atoms. The molecule has 1 atom stereocenters. The first-order valence-corrected chi connectivity index (χ1v) is 3.16. The van der Waals surface area contributed by atoms with Crippen LogP contribution in [-0.2, 0) is 4.79 Å². The molecule has 1 unspecified atom stereocenters. The second kappa shape index (κ2) is 4.24. The van der Waals surface area contributed by atoms with E-state index in [2.05, 4.69) is 0 Å². The summed E-state index contributed by atoms with van der Waals surface area (Å²) in [6.07, 6.45) is 0.115. The number of carbonyl (C=O) groups is 1. The Morgan fingerprint density at radius 2 is 2.20 bits per heavy atom. The van der Waals surface area contributed by atoms with Crippen LogP contribution in [0.4, 0.5) is 0 Å². The summed E-state index contributed by atoms with van der Waals surface area (Å²) >= 11 is 0. The van der Waals surface area contributed by atoms with Crippen LogP contribution < -0.4 is 5.73 Å². The fraction of sp³-hybridized carbons (Fsp3) is 0.833. The van der Waals surface area contributed by atoms with E-state index in [0.29, 0.717) is 6.54 Å².